The molecule has 5 atom stereocenters. The molecule has 0 spiro atoms. The van der Waals surface area contributed by atoms with Crippen molar-refractivity contribution in [3.05, 3.63) is 146 Å². The lowest BCUT2D eigenvalue weighted by atomic mass is 10.1. The van der Waals surface area contributed by atoms with E-state index in [-0.39, 0.29) is 25.7 Å². The normalized spacial score (nSPS) is 14.7. The third-order valence-corrected chi connectivity index (χ3v) is 17.7. The van der Waals surface area contributed by atoms with E-state index in [2.05, 4.69) is 149 Å². The van der Waals surface area contributed by atoms with E-state index in [0.717, 1.165) is 193 Å². The number of phosphoric acid groups is 2. The number of carbonyl (C=O) groups excluding carboxylic acids is 4. The zero-order chi connectivity index (χ0) is 74.6. The molecular weight excluding hydrogens is 1330 g/mol. The number of aliphatic hydroxyl groups is 1. The first-order valence-corrected chi connectivity index (χ1v) is 42.1. The molecule has 0 saturated heterocycles. The second-order valence-corrected chi connectivity index (χ2v) is 28.4. The number of hydrogen-bond donors (Lipinski definition) is 3. The summed E-state index contributed by atoms with van der Waals surface area (Å²) >= 11 is 0. The highest BCUT2D eigenvalue weighted by molar-refractivity contribution is 7.47. The molecule has 0 bridgehead atoms. The predicted octanol–water partition coefficient (Wildman–Crippen LogP) is 22.7. The number of esters is 4. The Bertz CT molecular complexity index is 2510. The van der Waals surface area contributed by atoms with Crippen molar-refractivity contribution < 1.29 is 80.2 Å². The molecule has 0 aromatic carbocycles. The minimum atomic E-state index is -5.00. The molecule has 102 heavy (non-hydrogen) atoms. The Morgan fingerprint density at radius 1 is 0.294 bits per heavy atom. The van der Waals surface area contributed by atoms with Gasteiger partial charge in [0.1, 0.15) is 19.3 Å². The molecule has 0 aliphatic rings. The van der Waals surface area contributed by atoms with Gasteiger partial charge in [-0.25, -0.2) is 9.13 Å². The van der Waals surface area contributed by atoms with E-state index in [9.17, 15) is 43.2 Å². The minimum absolute atomic E-state index is 0.0621. The molecule has 0 saturated carbocycles. The average Bonchev–Trinajstić information content (AvgIpc) is 0.908. The molecule has 582 valence electrons. The fourth-order valence-electron chi connectivity index (χ4n) is 9.96. The van der Waals surface area contributed by atoms with Crippen LogP contribution >= 0.6 is 15.6 Å². The van der Waals surface area contributed by atoms with E-state index in [1.807, 2.05) is 18.2 Å². The quantitative estimate of drug-likeness (QED) is 0.0169. The Kier molecular flexibility index (Phi) is 70.5. The monoisotopic (exact) mass is 1470 g/mol. The molecule has 19 heteroatoms. The number of ether oxygens (including phenoxy) is 4. The summed E-state index contributed by atoms with van der Waals surface area (Å²) in [5, 5.41) is 10.6. The molecule has 0 amide bonds. The largest absolute Gasteiger partial charge is 0.472 e. The van der Waals surface area contributed by atoms with E-state index in [1.54, 1.807) is 6.08 Å². The standard InChI is InChI=1S/C83H138O17P2/c1-5-9-13-17-21-25-29-33-36-38-41-45-48-52-56-60-64-68-81(86)94-74-79(100-83(88)70-66-62-58-54-50-46-42-39-37-34-30-26-22-18-14-10-6-2)76-98-102(91,92)96-72-77(84)71-95-101(89,90)97-75-78(99-82(87)69-65-61-57-53-49-43-32-28-24-20-16-12-8-4)73-93-80(85)67-63-59-55-51-47-44-40-35-31-27-23-19-15-11-7-3/h9-11,13-15,21-23,25-28,32-37,40,47,51,59,63,77-79,84H,5-8,12,16-20,24,29-31,38-39,41-46,48-50,52-58,60-62,64-76H2,1-4H3,(H,89,90)(H,91,92)/b13-9-,14-10-,15-11-,25-21-,26-22-,27-23-,32-28-,36-33-,37-34-,40-35-,51-47-,63-59-. The van der Waals surface area contributed by atoms with Gasteiger partial charge in [-0.2, -0.15) is 0 Å². The maximum absolute atomic E-state index is 13.1. The summed E-state index contributed by atoms with van der Waals surface area (Å²) in [6, 6.07) is 0. The van der Waals surface area contributed by atoms with E-state index in [0.29, 0.717) is 25.7 Å². The highest BCUT2D eigenvalue weighted by Gasteiger charge is 2.30. The molecule has 0 aliphatic carbocycles. The van der Waals surface area contributed by atoms with Crippen LogP contribution in [0.2, 0.25) is 0 Å². The number of rotatable bonds is 72. The summed E-state index contributed by atoms with van der Waals surface area (Å²) in [6.07, 6.45) is 84.3. The number of aliphatic hydroxyl groups excluding tert-OH is 1. The van der Waals surface area contributed by atoms with Crippen LogP contribution in [-0.2, 0) is 65.4 Å². The van der Waals surface area contributed by atoms with Crippen molar-refractivity contribution in [1.82, 2.24) is 0 Å². The van der Waals surface area contributed by atoms with E-state index >= 15 is 0 Å². The maximum Gasteiger partial charge on any atom is 0.472 e. The lowest BCUT2D eigenvalue weighted by Gasteiger charge is -2.21. The lowest BCUT2D eigenvalue weighted by molar-refractivity contribution is -0.161. The van der Waals surface area contributed by atoms with Gasteiger partial charge in [0.25, 0.3) is 0 Å². The van der Waals surface area contributed by atoms with Crippen molar-refractivity contribution in [2.24, 2.45) is 0 Å². The number of carbonyl (C=O) groups is 4. The van der Waals surface area contributed by atoms with Gasteiger partial charge in [0.15, 0.2) is 12.2 Å². The summed E-state index contributed by atoms with van der Waals surface area (Å²) in [4.78, 5) is 72.9. The van der Waals surface area contributed by atoms with Crippen molar-refractivity contribution in [2.45, 2.75) is 316 Å². The first-order chi connectivity index (χ1) is 49.7. The van der Waals surface area contributed by atoms with Gasteiger partial charge in [-0.1, -0.05) is 276 Å². The van der Waals surface area contributed by atoms with Gasteiger partial charge < -0.3 is 33.8 Å². The first-order valence-electron chi connectivity index (χ1n) is 39.1. The smallest absolute Gasteiger partial charge is 0.462 e. The van der Waals surface area contributed by atoms with Crippen LogP contribution in [0.5, 0.6) is 0 Å². The van der Waals surface area contributed by atoms with Crippen molar-refractivity contribution in [2.75, 3.05) is 39.6 Å². The van der Waals surface area contributed by atoms with Crippen LogP contribution in [0.1, 0.15) is 297 Å². The van der Waals surface area contributed by atoms with Crippen molar-refractivity contribution in [3.8, 4) is 0 Å². The van der Waals surface area contributed by atoms with Crippen LogP contribution in [0.15, 0.2) is 146 Å². The number of unbranched alkanes of at least 4 members (excludes halogenated alkanes) is 23. The fraction of sp³-hybridized carbons (Fsp3) is 0.663. The SMILES string of the molecule is CC/C=C\C/C=C\C/C=C\C/C=C\C/C=C\CC(=O)OCC(COP(=O)(O)OCC(O)COP(=O)(O)OCC(COC(=O)CCCCCCCCC/C=C\C/C=C\C/C=C\CC)OC(=O)CCCCCCCCC/C=C\C/C=C\C/C=C\CC)OC(=O)CCCCCCC/C=C\CCCCCC. The third-order valence-electron chi connectivity index (χ3n) is 15.8. The van der Waals surface area contributed by atoms with Crippen LogP contribution in [-0.4, -0.2) is 96.7 Å². The molecule has 5 unspecified atom stereocenters. The third kappa shape index (κ3) is 73.3. The van der Waals surface area contributed by atoms with Gasteiger partial charge in [0, 0.05) is 19.3 Å². The number of allylic oxidation sites excluding steroid dienone is 23. The minimum Gasteiger partial charge on any atom is -0.462 e. The zero-order valence-corrected chi connectivity index (χ0v) is 65.3. The second kappa shape index (κ2) is 74.2. The van der Waals surface area contributed by atoms with Crippen LogP contribution in [0.3, 0.4) is 0 Å². The summed E-state index contributed by atoms with van der Waals surface area (Å²) in [7, 11) is -9.99. The molecular formula is C83H138O17P2. The topological polar surface area (TPSA) is 237 Å². The molecule has 0 rings (SSSR count). The van der Waals surface area contributed by atoms with Gasteiger partial charge in [-0.3, -0.25) is 37.3 Å². The van der Waals surface area contributed by atoms with Crippen molar-refractivity contribution >= 4 is 39.5 Å². The van der Waals surface area contributed by atoms with Gasteiger partial charge in [-0.05, 0) is 141 Å². The molecule has 3 N–H and O–H groups in total. The molecule has 0 radical (unpaired) electrons. The van der Waals surface area contributed by atoms with Gasteiger partial charge >= 0.3 is 39.5 Å². The van der Waals surface area contributed by atoms with Crippen molar-refractivity contribution in [3.63, 3.8) is 0 Å². The van der Waals surface area contributed by atoms with Crippen molar-refractivity contribution in [1.29, 1.82) is 0 Å². The maximum atomic E-state index is 13.1. The Morgan fingerprint density at radius 3 is 0.882 bits per heavy atom. The van der Waals surface area contributed by atoms with Crippen LogP contribution in [0.4, 0.5) is 0 Å². The summed E-state index contributed by atoms with van der Waals surface area (Å²) in [5.74, 6) is -2.36. The Labute approximate surface area is 617 Å². The van der Waals surface area contributed by atoms with Crippen LogP contribution in [0, 0.1) is 0 Å². The highest BCUT2D eigenvalue weighted by atomic mass is 31.2. The lowest BCUT2D eigenvalue weighted by Crippen LogP contribution is -2.30. The van der Waals surface area contributed by atoms with Crippen LogP contribution in [0.25, 0.3) is 0 Å². The zero-order valence-electron chi connectivity index (χ0n) is 63.5. The molecule has 0 aliphatic heterocycles. The fourth-order valence-corrected chi connectivity index (χ4v) is 11.5. The molecule has 0 aromatic heterocycles. The number of phosphoric ester groups is 2. The predicted molar refractivity (Wildman–Crippen MR) is 417 cm³/mol. The molecule has 0 heterocycles. The highest BCUT2D eigenvalue weighted by Crippen LogP contribution is 2.45. The summed E-state index contributed by atoms with van der Waals surface area (Å²) in [6.45, 7) is 4.38. The van der Waals surface area contributed by atoms with E-state index in [1.165, 1.54) is 25.7 Å². The second-order valence-electron chi connectivity index (χ2n) is 25.5. The Balaban J connectivity index is 5.44. The Morgan fingerprint density at radius 2 is 0.549 bits per heavy atom. The van der Waals surface area contributed by atoms with E-state index < -0.39 is 97.5 Å². The molecule has 0 aromatic rings. The number of hydrogen-bond acceptors (Lipinski definition) is 15. The van der Waals surface area contributed by atoms with Gasteiger partial charge in [0.2, 0.25) is 0 Å². The first kappa shape index (κ1) is 96.9. The molecule has 0 fully saturated rings. The summed E-state index contributed by atoms with van der Waals surface area (Å²) < 4.78 is 68.4. The van der Waals surface area contributed by atoms with Gasteiger partial charge in [0.05, 0.1) is 32.8 Å². The molecule has 17 nitrogen and oxygen atoms in total. The van der Waals surface area contributed by atoms with Crippen LogP contribution < -0.4 is 0 Å². The Hall–Kier alpha value is -5.06. The summed E-state index contributed by atoms with van der Waals surface area (Å²) in [5.41, 5.74) is 0. The van der Waals surface area contributed by atoms with E-state index in [4.69, 9.17) is 37.0 Å². The van der Waals surface area contributed by atoms with Gasteiger partial charge in [-0.15, -0.1) is 0 Å². The average molecular weight is 1470 g/mol.